The number of pyridine rings is 1. The Morgan fingerprint density at radius 3 is 2.67 bits per heavy atom. The Kier molecular flexibility index (Phi) is 4.18. The minimum atomic E-state index is 0.634. The Morgan fingerprint density at radius 2 is 1.86 bits per heavy atom. The van der Waals surface area contributed by atoms with E-state index >= 15 is 0 Å². The van der Waals surface area contributed by atoms with E-state index in [1.165, 1.54) is 5.56 Å². The molecule has 2 N–H and O–H groups in total. The number of benzene rings is 2. The van der Waals surface area contributed by atoms with Gasteiger partial charge in [0.1, 0.15) is 11.5 Å². The first-order valence-electron chi connectivity index (χ1n) is 6.77. The molecule has 0 amide bonds. The van der Waals surface area contributed by atoms with Gasteiger partial charge in [0.25, 0.3) is 0 Å². The number of aromatic nitrogens is 1. The zero-order valence-corrected chi connectivity index (χ0v) is 13.0. The van der Waals surface area contributed by atoms with Crippen LogP contribution in [-0.4, -0.2) is 11.5 Å². The summed E-state index contributed by atoms with van der Waals surface area (Å²) in [5.74, 6) is 1.57. The number of fused-ring (bicyclic) bond motifs is 1. The van der Waals surface area contributed by atoms with Crippen molar-refractivity contribution >= 4 is 26.8 Å². The van der Waals surface area contributed by atoms with Crippen LogP contribution in [0.4, 0.5) is 0 Å². The van der Waals surface area contributed by atoms with Crippen LogP contribution in [0.15, 0.2) is 59.2 Å². The highest BCUT2D eigenvalue weighted by atomic mass is 79.9. The van der Waals surface area contributed by atoms with Gasteiger partial charge in [-0.2, -0.15) is 0 Å². The van der Waals surface area contributed by atoms with Gasteiger partial charge in [-0.3, -0.25) is 4.98 Å². The Hall–Kier alpha value is -1.91. The summed E-state index contributed by atoms with van der Waals surface area (Å²) in [6.07, 6.45) is 2.63. The maximum atomic E-state index is 5.90. The van der Waals surface area contributed by atoms with Gasteiger partial charge < -0.3 is 10.5 Å². The van der Waals surface area contributed by atoms with Crippen molar-refractivity contribution in [1.29, 1.82) is 0 Å². The normalized spacial score (nSPS) is 10.8. The van der Waals surface area contributed by atoms with Crippen LogP contribution in [0.1, 0.15) is 5.56 Å². The number of ether oxygens (including phenoxy) is 1. The molecule has 2 aromatic carbocycles. The first kappa shape index (κ1) is 14.0. The van der Waals surface area contributed by atoms with Crippen molar-refractivity contribution in [1.82, 2.24) is 4.98 Å². The average Bonchev–Trinajstić information content (AvgIpc) is 2.50. The molecule has 0 unspecified atom stereocenters. The highest BCUT2D eigenvalue weighted by Crippen LogP contribution is 2.28. The minimum Gasteiger partial charge on any atom is -0.457 e. The highest BCUT2D eigenvalue weighted by molar-refractivity contribution is 9.10. The van der Waals surface area contributed by atoms with Crippen LogP contribution in [0.2, 0.25) is 0 Å². The van der Waals surface area contributed by atoms with E-state index in [0.29, 0.717) is 6.54 Å². The Bertz CT molecular complexity index is 774. The van der Waals surface area contributed by atoms with Gasteiger partial charge in [-0.15, -0.1) is 0 Å². The second kappa shape index (κ2) is 6.24. The molecule has 0 radical (unpaired) electrons. The maximum absolute atomic E-state index is 5.90. The van der Waals surface area contributed by atoms with Crippen molar-refractivity contribution in [3.05, 3.63) is 64.8 Å². The lowest BCUT2D eigenvalue weighted by atomic mass is 10.1. The van der Waals surface area contributed by atoms with Crippen molar-refractivity contribution in [3.63, 3.8) is 0 Å². The highest BCUT2D eigenvalue weighted by Gasteiger charge is 2.04. The monoisotopic (exact) mass is 342 g/mol. The summed E-state index contributed by atoms with van der Waals surface area (Å²) in [6.45, 7) is 0.634. The molecule has 0 aliphatic rings. The number of nitrogens with two attached hydrogens (primary N) is 1. The minimum absolute atomic E-state index is 0.634. The molecule has 1 heterocycles. The number of rotatable bonds is 4. The second-order valence-electron chi connectivity index (χ2n) is 4.75. The van der Waals surface area contributed by atoms with Gasteiger partial charge in [-0.05, 0) is 48.9 Å². The summed E-state index contributed by atoms with van der Waals surface area (Å²) in [5, 5.41) is 1.10. The molecule has 0 saturated heterocycles. The van der Waals surface area contributed by atoms with Crippen molar-refractivity contribution in [3.8, 4) is 11.5 Å². The molecule has 106 valence electrons. The fourth-order valence-electron chi connectivity index (χ4n) is 2.20. The molecule has 0 spiro atoms. The van der Waals surface area contributed by atoms with Gasteiger partial charge in [0, 0.05) is 22.1 Å². The molecule has 3 aromatic rings. The lowest BCUT2D eigenvalue weighted by Gasteiger charge is -2.09. The van der Waals surface area contributed by atoms with E-state index in [0.717, 1.165) is 33.3 Å². The summed E-state index contributed by atoms with van der Waals surface area (Å²) < 4.78 is 6.92. The molecule has 0 aliphatic carbocycles. The number of hydrogen-bond donors (Lipinski definition) is 1. The van der Waals surface area contributed by atoms with Crippen LogP contribution < -0.4 is 10.5 Å². The van der Waals surface area contributed by atoms with Gasteiger partial charge in [-0.25, -0.2) is 0 Å². The van der Waals surface area contributed by atoms with Crippen LogP contribution in [0.5, 0.6) is 11.5 Å². The number of nitrogens with zero attached hydrogens (tertiary/aromatic N) is 1. The lowest BCUT2D eigenvalue weighted by Crippen LogP contribution is -2.03. The summed E-state index contributed by atoms with van der Waals surface area (Å²) in [7, 11) is 0. The number of hydrogen-bond acceptors (Lipinski definition) is 3. The Labute approximate surface area is 131 Å². The topological polar surface area (TPSA) is 48.1 Å². The van der Waals surface area contributed by atoms with Crippen molar-refractivity contribution in [2.75, 3.05) is 6.54 Å². The first-order valence-corrected chi connectivity index (χ1v) is 7.57. The zero-order valence-electron chi connectivity index (χ0n) is 11.4. The third-order valence-corrected chi connectivity index (χ3v) is 3.99. The molecule has 1 aromatic heterocycles. The number of halogens is 1. The third kappa shape index (κ3) is 3.23. The molecule has 21 heavy (non-hydrogen) atoms. The predicted octanol–water partition coefficient (Wildman–Crippen LogP) is 4.29. The summed E-state index contributed by atoms with van der Waals surface area (Å²) in [4.78, 5) is 4.34. The molecule has 0 fully saturated rings. The Morgan fingerprint density at radius 1 is 1.05 bits per heavy atom. The van der Waals surface area contributed by atoms with Gasteiger partial charge in [0.2, 0.25) is 0 Å². The fourth-order valence-corrected chi connectivity index (χ4v) is 2.75. The maximum Gasteiger partial charge on any atom is 0.129 e. The Balaban J connectivity index is 1.86. The lowest BCUT2D eigenvalue weighted by molar-refractivity contribution is 0.482. The third-order valence-electron chi connectivity index (χ3n) is 3.25. The van der Waals surface area contributed by atoms with Gasteiger partial charge >= 0.3 is 0 Å². The summed E-state index contributed by atoms with van der Waals surface area (Å²) >= 11 is 3.55. The van der Waals surface area contributed by atoms with Gasteiger partial charge in [-0.1, -0.05) is 28.1 Å². The van der Waals surface area contributed by atoms with E-state index in [-0.39, 0.29) is 0 Å². The zero-order chi connectivity index (χ0) is 14.7. The van der Waals surface area contributed by atoms with E-state index in [4.69, 9.17) is 10.5 Å². The molecule has 4 heteroatoms. The molecule has 0 aliphatic heterocycles. The van der Waals surface area contributed by atoms with Gasteiger partial charge in [0.15, 0.2) is 0 Å². The van der Waals surface area contributed by atoms with Crippen LogP contribution in [0.25, 0.3) is 10.9 Å². The summed E-state index contributed by atoms with van der Waals surface area (Å²) in [6, 6.07) is 15.8. The molecule has 0 atom stereocenters. The standard InChI is InChI=1S/C17H15BrN2O/c18-16-10-14(5-3-12(16)7-8-19)21-15-6-4-13-2-1-9-20-17(13)11-15/h1-6,9-11H,7-8,19H2. The van der Waals surface area contributed by atoms with E-state index in [1.807, 2.05) is 48.5 Å². The molecule has 3 rings (SSSR count). The quantitative estimate of drug-likeness (QED) is 0.769. The predicted molar refractivity (Wildman–Crippen MR) is 88.7 cm³/mol. The van der Waals surface area contributed by atoms with Crippen LogP contribution in [-0.2, 0) is 6.42 Å². The molecular formula is C17H15BrN2O. The van der Waals surface area contributed by atoms with E-state index in [1.54, 1.807) is 6.20 Å². The van der Waals surface area contributed by atoms with Crippen molar-refractivity contribution in [2.45, 2.75) is 6.42 Å². The molecule has 0 saturated carbocycles. The van der Waals surface area contributed by atoms with E-state index < -0.39 is 0 Å². The fraction of sp³-hybridized carbons (Fsp3) is 0.118. The SMILES string of the molecule is NCCc1ccc(Oc2ccc3cccnc3c2)cc1Br. The van der Waals surface area contributed by atoms with Crippen LogP contribution in [0.3, 0.4) is 0 Å². The van der Waals surface area contributed by atoms with Gasteiger partial charge in [0.05, 0.1) is 5.52 Å². The smallest absolute Gasteiger partial charge is 0.129 e. The first-order chi connectivity index (χ1) is 10.3. The van der Waals surface area contributed by atoms with E-state index in [9.17, 15) is 0 Å². The van der Waals surface area contributed by atoms with Crippen molar-refractivity contribution in [2.24, 2.45) is 5.73 Å². The molecule has 3 nitrogen and oxygen atoms in total. The summed E-state index contributed by atoms with van der Waals surface area (Å²) in [5.41, 5.74) is 7.69. The second-order valence-corrected chi connectivity index (χ2v) is 5.61. The molecule has 0 bridgehead atoms. The van der Waals surface area contributed by atoms with Crippen molar-refractivity contribution < 1.29 is 4.74 Å². The largest absolute Gasteiger partial charge is 0.457 e. The average molecular weight is 343 g/mol. The van der Waals surface area contributed by atoms with Crippen LogP contribution in [0, 0.1) is 0 Å². The van der Waals surface area contributed by atoms with Crippen LogP contribution >= 0.6 is 15.9 Å². The van der Waals surface area contributed by atoms with E-state index in [2.05, 4.69) is 20.9 Å². The molecular weight excluding hydrogens is 328 g/mol.